The highest BCUT2D eigenvalue weighted by Gasteiger charge is 2.14. The minimum absolute atomic E-state index is 0. The van der Waals surface area contributed by atoms with Crippen LogP contribution in [0.1, 0.15) is 13.3 Å². The van der Waals surface area contributed by atoms with Crippen molar-refractivity contribution in [2.75, 3.05) is 18.6 Å². The van der Waals surface area contributed by atoms with Gasteiger partial charge in [-0.1, -0.05) is 23.7 Å². The normalized spacial score (nSPS) is 13.0. The summed E-state index contributed by atoms with van der Waals surface area (Å²) >= 11 is 7.68. The lowest BCUT2D eigenvalue weighted by molar-refractivity contribution is -0.122. The van der Waals surface area contributed by atoms with Gasteiger partial charge in [-0.05, 0) is 37.5 Å². The predicted octanol–water partition coefficient (Wildman–Crippen LogP) is 2.73. The number of amides is 1. The number of hydrogen-bond donors (Lipinski definition) is 2. The van der Waals surface area contributed by atoms with E-state index in [0.717, 1.165) is 5.75 Å². The summed E-state index contributed by atoms with van der Waals surface area (Å²) in [5.74, 6) is 1.34. The number of nitrogens with one attached hydrogen (secondary N) is 1. The number of nitrogens with two attached hydrogens (primary N) is 1. The van der Waals surface area contributed by atoms with Crippen molar-refractivity contribution < 1.29 is 9.53 Å². The summed E-state index contributed by atoms with van der Waals surface area (Å²) < 4.78 is 5.66. The van der Waals surface area contributed by atoms with Crippen molar-refractivity contribution in [2.45, 2.75) is 25.5 Å². The molecule has 0 bridgehead atoms. The van der Waals surface area contributed by atoms with E-state index in [0.29, 0.717) is 23.7 Å². The minimum atomic E-state index is -0.463. The van der Waals surface area contributed by atoms with E-state index in [2.05, 4.69) is 5.32 Å². The number of benzene rings is 1. The molecule has 0 fully saturated rings. The molecule has 0 aliphatic heterocycles. The Morgan fingerprint density at radius 3 is 2.76 bits per heavy atom. The van der Waals surface area contributed by atoms with Crippen molar-refractivity contribution in [1.29, 1.82) is 0 Å². The lowest BCUT2D eigenvalue weighted by Crippen LogP contribution is -2.44. The second kappa shape index (κ2) is 11.0. The Labute approximate surface area is 141 Å². The van der Waals surface area contributed by atoms with Crippen LogP contribution in [0.25, 0.3) is 0 Å². The van der Waals surface area contributed by atoms with Gasteiger partial charge in [0.15, 0.2) is 0 Å². The van der Waals surface area contributed by atoms with E-state index in [4.69, 9.17) is 22.1 Å². The minimum Gasteiger partial charge on any atom is -0.487 e. The van der Waals surface area contributed by atoms with Crippen LogP contribution in [-0.4, -0.2) is 36.6 Å². The molecule has 7 heteroatoms. The zero-order valence-corrected chi connectivity index (χ0v) is 14.6. The average molecular weight is 353 g/mol. The molecule has 3 N–H and O–H groups in total. The van der Waals surface area contributed by atoms with Crippen molar-refractivity contribution >= 4 is 41.7 Å². The molecule has 0 radical (unpaired) electrons. The van der Waals surface area contributed by atoms with Crippen molar-refractivity contribution in [3.8, 4) is 5.75 Å². The fourth-order valence-electron chi connectivity index (χ4n) is 1.55. The second-order valence-electron chi connectivity index (χ2n) is 4.49. The Hall–Kier alpha value is -0.620. The highest BCUT2D eigenvalue weighted by molar-refractivity contribution is 7.98. The van der Waals surface area contributed by atoms with Crippen LogP contribution in [0.2, 0.25) is 5.02 Å². The molecule has 2 atom stereocenters. The van der Waals surface area contributed by atoms with E-state index in [1.165, 1.54) is 0 Å². The first kappa shape index (κ1) is 20.4. The third-order valence-corrected chi connectivity index (χ3v) is 3.65. The zero-order chi connectivity index (χ0) is 15.0. The predicted molar refractivity (Wildman–Crippen MR) is 92.8 cm³/mol. The first-order valence-electron chi connectivity index (χ1n) is 6.48. The lowest BCUT2D eigenvalue weighted by Gasteiger charge is -2.18. The SMILES string of the molecule is CSCC[C@H](N)C(=O)NCC(C)Oc1ccccc1Cl.Cl. The highest BCUT2D eigenvalue weighted by atomic mass is 35.5. The molecule has 0 aromatic heterocycles. The Balaban J connectivity index is 0.00000400. The summed E-state index contributed by atoms with van der Waals surface area (Å²) in [7, 11) is 0. The number of para-hydroxylation sites is 1. The molecule has 0 saturated carbocycles. The van der Waals surface area contributed by atoms with Gasteiger partial charge in [-0.25, -0.2) is 0 Å². The maximum atomic E-state index is 11.7. The number of carbonyl (C=O) groups excluding carboxylic acids is 1. The van der Waals surface area contributed by atoms with Crippen molar-refractivity contribution in [3.05, 3.63) is 29.3 Å². The highest BCUT2D eigenvalue weighted by Crippen LogP contribution is 2.23. The Bertz CT molecular complexity index is 435. The molecule has 0 saturated heterocycles. The fourth-order valence-corrected chi connectivity index (χ4v) is 2.22. The summed E-state index contributed by atoms with van der Waals surface area (Å²) in [5.41, 5.74) is 5.78. The van der Waals surface area contributed by atoms with Crippen LogP contribution in [-0.2, 0) is 4.79 Å². The third-order valence-electron chi connectivity index (χ3n) is 2.70. The monoisotopic (exact) mass is 352 g/mol. The standard InChI is InChI=1S/C14H21ClN2O2S.ClH/c1-10(19-13-6-4-3-5-11(13)15)9-17-14(18)12(16)7-8-20-2;/h3-6,10,12H,7-9,16H2,1-2H3,(H,17,18);1H/t10?,12-;/m0./s1. The third kappa shape index (κ3) is 7.81. The summed E-state index contributed by atoms with van der Waals surface area (Å²) in [5, 5.41) is 3.35. The van der Waals surface area contributed by atoms with Gasteiger partial charge < -0.3 is 15.8 Å². The van der Waals surface area contributed by atoms with Gasteiger partial charge in [0.25, 0.3) is 0 Å². The molecule has 0 heterocycles. The number of hydrogen-bond acceptors (Lipinski definition) is 4. The number of ether oxygens (including phenoxy) is 1. The molecule has 1 amide bonds. The van der Waals surface area contributed by atoms with Gasteiger partial charge in [-0.3, -0.25) is 4.79 Å². The van der Waals surface area contributed by atoms with Crippen molar-refractivity contribution in [3.63, 3.8) is 0 Å². The molecule has 4 nitrogen and oxygen atoms in total. The molecular weight excluding hydrogens is 331 g/mol. The molecule has 1 aromatic rings. The van der Waals surface area contributed by atoms with Crippen molar-refractivity contribution in [1.82, 2.24) is 5.32 Å². The molecule has 0 aliphatic carbocycles. The second-order valence-corrected chi connectivity index (χ2v) is 5.88. The smallest absolute Gasteiger partial charge is 0.237 e. The molecule has 0 aliphatic rings. The molecular formula is C14H22Cl2N2O2S. The van der Waals surface area contributed by atoms with Crippen LogP contribution in [0.4, 0.5) is 0 Å². The summed E-state index contributed by atoms with van der Waals surface area (Å²) in [6, 6.07) is 6.79. The topological polar surface area (TPSA) is 64.4 Å². The quantitative estimate of drug-likeness (QED) is 0.754. The number of halogens is 2. The van der Waals surface area contributed by atoms with Crippen LogP contribution in [0.15, 0.2) is 24.3 Å². The van der Waals surface area contributed by atoms with E-state index < -0.39 is 6.04 Å². The Morgan fingerprint density at radius 2 is 2.14 bits per heavy atom. The van der Waals surface area contributed by atoms with Crippen LogP contribution >= 0.6 is 35.8 Å². The number of thioether (sulfide) groups is 1. The number of carbonyl (C=O) groups is 1. The summed E-state index contributed by atoms with van der Waals surface area (Å²) in [6.07, 6.45) is 2.49. The van der Waals surface area contributed by atoms with E-state index in [1.54, 1.807) is 23.9 Å². The fraction of sp³-hybridized carbons (Fsp3) is 0.500. The maximum absolute atomic E-state index is 11.7. The summed E-state index contributed by atoms with van der Waals surface area (Å²) in [6.45, 7) is 2.27. The van der Waals surface area contributed by atoms with Gasteiger partial charge in [0.2, 0.25) is 5.91 Å². The Morgan fingerprint density at radius 1 is 1.48 bits per heavy atom. The van der Waals surface area contributed by atoms with Gasteiger partial charge >= 0.3 is 0 Å². The molecule has 21 heavy (non-hydrogen) atoms. The molecule has 1 rings (SSSR count). The molecule has 1 aromatic carbocycles. The maximum Gasteiger partial charge on any atom is 0.237 e. The first-order chi connectivity index (χ1) is 9.54. The Kier molecular flexibility index (Phi) is 10.7. The van der Waals surface area contributed by atoms with Gasteiger partial charge in [0, 0.05) is 0 Å². The number of rotatable bonds is 8. The summed E-state index contributed by atoms with van der Waals surface area (Å²) in [4.78, 5) is 11.7. The van der Waals surface area contributed by atoms with E-state index in [1.807, 2.05) is 25.3 Å². The van der Waals surface area contributed by atoms with E-state index in [-0.39, 0.29) is 24.4 Å². The van der Waals surface area contributed by atoms with Gasteiger partial charge in [-0.15, -0.1) is 12.4 Å². The van der Waals surface area contributed by atoms with Gasteiger partial charge in [0.1, 0.15) is 11.9 Å². The van der Waals surface area contributed by atoms with Crippen LogP contribution in [0, 0.1) is 0 Å². The lowest BCUT2D eigenvalue weighted by atomic mass is 10.2. The first-order valence-corrected chi connectivity index (χ1v) is 8.25. The molecule has 120 valence electrons. The van der Waals surface area contributed by atoms with Crippen molar-refractivity contribution in [2.24, 2.45) is 5.73 Å². The van der Waals surface area contributed by atoms with Crippen LogP contribution in [0.3, 0.4) is 0 Å². The van der Waals surface area contributed by atoms with E-state index >= 15 is 0 Å². The van der Waals surface area contributed by atoms with E-state index in [9.17, 15) is 4.79 Å². The molecule has 0 spiro atoms. The van der Waals surface area contributed by atoms with Gasteiger partial charge in [-0.2, -0.15) is 11.8 Å². The molecule has 1 unspecified atom stereocenters. The average Bonchev–Trinajstić information content (AvgIpc) is 2.44. The van der Waals surface area contributed by atoms with Crippen LogP contribution < -0.4 is 15.8 Å². The van der Waals surface area contributed by atoms with Crippen LogP contribution in [0.5, 0.6) is 5.75 Å². The van der Waals surface area contributed by atoms with Gasteiger partial charge in [0.05, 0.1) is 17.6 Å². The zero-order valence-electron chi connectivity index (χ0n) is 12.2. The largest absolute Gasteiger partial charge is 0.487 e.